The molecule has 11 atom stereocenters. The standard InChI is InChI=1S/C30H41N3O/c1-4-5-18-6-9-21-20(14-18)8-10-23-22(21)12-13-30(3)27(23)25-17(2)26(25)28(30)29(34)33-24-11-7-19(15-31)16-32-24/h7,11,16-18,20-23,25-28H,4-6,8-10,12-14H2,1-3H3,(H,32,33,34)/t17-,18?,20?,21?,22?,23?,25?,26?,27?,28?,30?/m0/s1. The van der Waals surface area contributed by atoms with E-state index >= 15 is 0 Å². The van der Waals surface area contributed by atoms with Gasteiger partial charge in [-0.05, 0) is 109 Å². The molecule has 5 fully saturated rings. The van der Waals surface area contributed by atoms with Crippen molar-refractivity contribution in [2.24, 2.45) is 64.6 Å². The van der Waals surface area contributed by atoms with Gasteiger partial charge in [0.2, 0.25) is 5.91 Å². The van der Waals surface area contributed by atoms with E-state index in [-0.39, 0.29) is 17.2 Å². The maximum Gasteiger partial charge on any atom is 0.229 e. The summed E-state index contributed by atoms with van der Waals surface area (Å²) in [6, 6.07) is 5.61. The highest BCUT2D eigenvalue weighted by Crippen LogP contribution is 2.76. The predicted octanol–water partition coefficient (Wildman–Crippen LogP) is 6.68. The third-order valence-corrected chi connectivity index (χ3v) is 11.5. The maximum atomic E-state index is 13.7. The number of amides is 1. The molecule has 4 heteroatoms. The van der Waals surface area contributed by atoms with Crippen molar-refractivity contribution in [2.75, 3.05) is 5.32 Å². The Morgan fingerprint density at radius 2 is 1.97 bits per heavy atom. The number of nitriles is 1. The highest BCUT2D eigenvalue weighted by atomic mass is 16.2. The number of nitrogens with zero attached hydrogens (tertiary/aromatic N) is 2. The van der Waals surface area contributed by atoms with Crippen LogP contribution in [0.25, 0.3) is 0 Å². The van der Waals surface area contributed by atoms with Crippen LogP contribution in [-0.4, -0.2) is 10.9 Å². The molecule has 5 saturated carbocycles. The van der Waals surface area contributed by atoms with Crippen molar-refractivity contribution in [3.63, 3.8) is 0 Å². The second-order valence-electron chi connectivity index (χ2n) is 12.9. The third-order valence-electron chi connectivity index (χ3n) is 11.5. The number of nitrogens with one attached hydrogen (secondary N) is 1. The molecule has 0 spiro atoms. The molecule has 0 bridgehead atoms. The van der Waals surface area contributed by atoms with Crippen LogP contribution >= 0.6 is 0 Å². The Balaban J connectivity index is 1.21. The predicted molar refractivity (Wildman–Crippen MR) is 133 cm³/mol. The molecule has 0 radical (unpaired) electrons. The molecule has 34 heavy (non-hydrogen) atoms. The summed E-state index contributed by atoms with van der Waals surface area (Å²) in [4.78, 5) is 18.0. The van der Waals surface area contributed by atoms with E-state index in [1.54, 1.807) is 18.3 Å². The van der Waals surface area contributed by atoms with E-state index < -0.39 is 0 Å². The van der Waals surface area contributed by atoms with Crippen LogP contribution in [0.1, 0.15) is 84.1 Å². The van der Waals surface area contributed by atoms with E-state index in [4.69, 9.17) is 5.26 Å². The number of anilines is 1. The number of hydrogen-bond acceptors (Lipinski definition) is 3. The van der Waals surface area contributed by atoms with Crippen molar-refractivity contribution >= 4 is 11.7 Å². The van der Waals surface area contributed by atoms with Gasteiger partial charge in [0.1, 0.15) is 11.9 Å². The van der Waals surface area contributed by atoms with Gasteiger partial charge in [-0.2, -0.15) is 5.26 Å². The van der Waals surface area contributed by atoms with E-state index in [0.29, 0.717) is 23.2 Å². The average molecular weight is 460 g/mol. The lowest BCUT2D eigenvalue weighted by Crippen LogP contribution is -2.52. The Hall–Kier alpha value is -1.89. The molecule has 0 aromatic carbocycles. The lowest BCUT2D eigenvalue weighted by atomic mass is 9.48. The van der Waals surface area contributed by atoms with Crippen LogP contribution in [0.5, 0.6) is 0 Å². The van der Waals surface area contributed by atoms with E-state index in [1.807, 2.05) is 0 Å². The van der Waals surface area contributed by atoms with E-state index in [9.17, 15) is 4.79 Å². The van der Waals surface area contributed by atoms with Crippen LogP contribution in [-0.2, 0) is 4.79 Å². The summed E-state index contributed by atoms with van der Waals surface area (Å²) in [5.74, 6) is 8.23. The summed E-state index contributed by atoms with van der Waals surface area (Å²) >= 11 is 0. The van der Waals surface area contributed by atoms with Gasteiger partial charge in [-0.25, -0.2) is 4.98 Å². The first-order valence-electron chi connectivity index (χ1n) is 14.1. The number of carbonyl (C=O) groups excluding carboxylic acids is 1. The maximum absolute atomic E-state index is 13.7. The van der Waals surface area contributed by atoms with Gasteiger partial charge < -0.3 is 5.32 Å². The molecule has 5 aliphatic carbocycles. The number of fused-ring (bicyclic) bond motifs is 7. The highest BCUT2D eigenvalue weighted by molar-refractivity contribution is 5.93. The Morgan fingerprint density at radius 3 is 2.71 bits per heavy atom. The molecule has 1 N–H and O–H groups in total. The van der Waals surface area contributed by atoms with Gasteiger partial charge >= 0.3 is 0 Å². The Bertz CT molecular complexity index is 982. The molecule has 0 saturated heterocycles. The number of rotatable bonds is 4. The van der Waals surface area contributed by atoms with Crippen LogP contribution < -0.4 is 5.32 Å². The number of aromatic nitrogens is 1. The van der Waals surface area contributed by atoms with Crippen molar-refractivity contribution in [2.45, 2.75) is 78.6 Å². The monoisotopic (exact) mass is 459 g/mol. The van der Waals surface area contributed by atoms with Gasteiger partial charge in [-0.15, -0.1) is 0 Å². The fraction of sp³-hybridized carbons (Fsp3) is 0.767. The molecule has 10 unspecified atom stereocenters. The summed E-state index contributed by atoms with van der Waals surface area (Å²) in [6.45, 7) is 7.22. The zero-order chi connectivity index (χ0) is 23.6. The van der Waals surface area contributed by atoms with Gasteiger partial charge in [0.25, 0.3) is 0 Å². The van der Waals surface area contributed by atoms with Crippen LogP contribution in [0, 0.1) is 75.9 Å². The van der Waals surface area contributed by atoms with Crippen LogP contribution in [0.4, 0.5) is 5.82 Å². The summed E-state index contributed by atoms with van der Waals surface area (Å²) in [6.07, 6.45) is 14.2. The second kappa shape index (κ2) is 8.35. The largest absolute Gasteiger partial charge is 0.310 e. The van der Waals surface area contributed by atoms with Crippen molar-refractivity contribution in [3.05, 3.63) is 23.9 Å². The molecule has 5 aliphatic rings. The topological polar surface area (TPSA) is 65.8 Å². The van der Waals surface area contributed by atoms with Crippen molar-refractivity contribution in [3.8, 4) is 6.07 Å². The lowest BCUT2D eigenvalue weighted by Gasteiger charge is -2.57. The smallest absolute Gasteiger partial charge is 0.229 e. The summed E-state index contributed by atoms with van der Waals surface area (Å²) < 4.78 is 0. The SMILES string of the molecule is CCCC1CCC2C(CCC3C2CCC2(C)C(C(=O)Nc4ccc(C#N)cn4)C4C(C32)[C@@H]4C)C1. The minimum absolute atomic E-state index is 0.105. The van der Waals surface area contributed by atoms with Crippen LogP contribution in [0.3, 0.4) is 0 Å². The lowest BCUT2D eigenvalue weighted by molar-refractivity contribution is -0.131. The molecule has 1 heterocycles. The Labute approximate surface area is 205 Å². The number of hydrogen-bond donors (Lipinski definition) is 1. The molecular weight excluding hydrogens is 418 g/mol. The summed E-state index contributed by atoms with van der Waals surface area (Å²) in [7, 11) is 0. The van der Waals surface area contributed by atoms with Crippen LogP contribution in [0.2, 0.25) is 0 Å². The summed E-state index contributed by atoms with van der Waals surface area (Å²) in [5, 5.41) is 12.2. The number of pyridine rings is 1. The quantitative estimate of drug-likeness (QED) is 0.546. The zero-order valence-corrected chi connectivity index (χ0v) is 21.2. The molecule has 1 amide bonds. The molecule has 6 rings (SSSR count). The molecule has 0 aliphatic heterocycles. The Morgan fingerprint density at radius 1 is 1.15 bits per heavy atom. The zero-order valence-electron chi connectivity index (χ0n) is 21.2. The van der Waals surface area contributed by atoms with Crippen molar-refractivity contribution in [1.82, 2.24) is 4.98 Å². The molecule has 4 nitrogen and oxygen atoms in total. The molecular formula is C30H41N3O. The molecule has 182 valence electrons. The number of carbonyl (C=O) groups is 1. The average Bonchev–Trinajstić information content (AvgIpc) is 3.36. The van der Waals surface area contributed by atoms with Gasteiger partial charge in [-0.3, -0.25) is 4.79 Å². The molecule has 1 aromatic heterocycles. The second-order valence-corrected chi connectivity index (χ2v) is 12.9. The minimum atomic E-state index is 0.105. The fourth-order valence-electron chi connectivity index (χ4n) is 10.3. The van der Waals surface area contributed by atoms with E-state index in [2.05, 4.69) is 37.1 Å². The van der Waals surface area contributed by atoms with Gasteiger partial charge in [0, 0.05) is 12.1 Å². The van der Waals surface area contributed by atoms with Gasteiger partial charge in [-0.1, -0.05) is 40.0 Å². The van der Waals surface area contributed by atoms with Crippen molar-refractivity contribution in [1.29, 1.82) is 5.26 Å². The Kier molecular flexibility index (Phi) is 5.54. The normalized spacial score (nSPS) is 46.3. The van der Waals surface area contributed by atoms with E-state index in [0.717, 1.165) is 41.4 Å². The first kappa shape index (κ1) is 22.6. The van der Waals surface area contributed by atoms with E-state index in [1.165, 1.54) is 57.8 Å². The fourth-order valence-corrected chi connectivity index (χ4v) is 10.3. The third kappa shape index (κ3) is 3.36. The van der Waals surface area contributed by atoms with Crippen LogP contribution in [0.15, 0.2) is 18.3 Å². The minimum Gasteiger partial charge on any atom is -0.310 e. The van der Waals surface area contributed by atoms with Crippen molar-refractivity contribution < 1.29 is 4.79 Å². The highest BCUT2D eigenvalue weighted by Gasteiger charge is 2.74. The first-order chi connectivity index (χ1) is 16.5. The first-order valence-corrected chi connectivity index (χ1v) is 14.1. The van der Waals surface area contributed by atoms with Gasteiger partial charge in [0.05, 0.1) is 5.56 Å². The van der Waals surface area contributed by atoms with Gasteiger partial charge in [0.15, 0.2) is 0 Å². The molecule has 1 aromatic rings. The summed E-state index contributed by atoms with van der Waals surface area (Å²) in [5.41, 5.74) is 0.658.